The zero-order valence-corrected chi connectivity index (χ0v) is 19.1. The Morgan fingerprint density at radius 3 is 2.29 bits per heavy atom. The second kappa shape index (κ2) is 9.03. The number of carbonyl (C=O) groups is 1. The summed E-state index contributed by atoms with van der Waals surface area (Å²) in [5.74, 6) is -0.0362. The highest BCUT2D eigenvalue weighted by molar-refractivity contribution is 6.35. The summed E-state index contributed by atoms with van der Waals surface area (Å²) in [7, 11) is 2.84. The van der Waals surface area contributed by atoms with Gasteiger partial charge in [0, 0.05) is 21.3 Å². The van der Waals surface area contributed by atoms with Crippen LogP contribution in [0.25, 0.3) is 16.9 Å². The molecule has 0 aliphatic carbocycles. The minimum atomic E-state index is -4.77. The summed E-state index contributed by atoms with van der Waals surface area (Å²) in [6.45, 7) is 0. The summed E-state index contributed by atoms with van der Waals surface area (Å²) < 4.78 is 52.6. The predicted molar refractivity (Wildman–Crippen MR) is 121 cm³/mol. The topological polar surface area (TPSA) is 77.8 Å². The average molecular weight is 511 g/mol. The number of aromatic nitrogens is 3. The molecular formula is C22H15Cl2F3N4O3. The minimum absolute atomic E-state index is 0.0406. The molecule has 1 amide bonds. The number of carbonyl (C=O) groups excluding carboxylic acids is 1. The van der Waals surface area contributed by atoms with Gasteiger partial charge in [0.2, 0.25) is 0 Å². The second-order valence-corrected chi connectivity index (χ2v) is 7.87. The monoisotopic (exact) mass is 510 g/mol. The molecule has 0 bridgehead atoms. The van der Waals surface area contributed by atoms with Crippen LogP contribution in [0.2, 0.25) is 10.0 Å². The lowest BCUT2D eigenvalue weighted by atomic mass is 10.1. The molecule has 0 unspecified atom stereocenters. The van der Waals surface area contributed by atoms with Crippen molar-refractivity contribution in [2.75, 3.05) is 19.5 Å². The number of rotatable bonds is 5. The Hall–Kier alpha value is -3.50. The quantitative estimate of drug-likeness (QED) is 0.356. The predicted octanol–water partition coefficient (Wildman–Crippen LogP) is 5.99. The summed E-state index contributed by atoms with van der Waals surface area (Å²) in [5, 5.41) is 6.85. The summed E-state index contributed by atoms with van der Waals surface area (Å²) in [5.41, 5.74) is -1.03. The minimum Gasteiger partial charge on any atom is -0.493 e. The molecule has 0 spiro atoms. The lowest BCUT2D eigenvalue weighted by Crippen LogP contribution is -2.16. The Bertz CT molecular complexity index is 1390. The van der Waals surface area contributed by atoms with Crippen molar-refractivity contribution < 1.29 is 27.4 Å². The zero-order valence-electron chi connectivity index (χ0n) is 17.6. The summed E-state index contributed by atoms with van der Waals surface area (Å²) in [6, 6.07) is 9.77. The molecule has 4 aromatic rings. The summed E-state index contributed by atoms with van der Waals surface area (Å²) in [4.78, 5) is 17.2. The number of hydrogen-bond donors (Lipinski definition) is 1. The van der Waals surface area contributed by atoms with Crippen LogP contribution in [0.1, 0.15) is 16.1 Å². The Balaban J connectivity index is 1.85. The molecule has 0 saturated carbocycles. The van der Waals surface area contributed by atoms with E-state index >= 15 is 0 Å². The van der Waals surface area contributed by atoms with Gasteiger partial charge in [0.15, 0.2) is 22.8 Å². The first kappa shape index (κ1) is 23.7. The molecule has 34 heavy (non-hydrogen) atoms. The lowest BCUT2D eigenvalue weighted by molar-refractivity contribution is -0.142. The molecule has 176 valence electrons. The third-order valence-corrected chi connectivity index (χ3v) is 5.24. The molecule has 12 heteroatoms. The first-order chi connectivity index (χ1) is 16.1. The van der Waals surface area contributed by atoms with E-state index in [1.54, 1.807) is 6.07 Å². The summed E-state index contributed by atoms with van der Waals surface area (Å²) in [6.07, 6.45) is -3.76. The second-order valence-electron chi connectivity index (χ2n) is 7.00. The number of anilines is 1. The van der Waals surface area contributed by atoms with Gasteiger partial charge >= 0.3 is 6.18 Å². The standard InChI is InChI=1S/C22H15Cl2F3N4O3/c1-33-17-4-3-11(5-18(17)34-2)16-9-19(22(25,26)27)31-20(30-16)15(10-28-31)21(32)29-14-7-12(23)6-13(24)8-14/h3-10H,1-2H3,(H,29,32). The van der Waals surface area contributed by atoms with Crippen LogP contribution in [-0.2, 0) is 6.18 Å². The first-order valence-corrected chi connectivity index (χ1v) is 10.3. The van der Waals surface area contributed by atoms with E-state index in [1.807, 2.05) is 0 Å². The van der Waals surface area contributed by atoms with E-state index in [9.17, 15) is 18.0 Å². The molecular weight excluding hydrogens is 496 g/mol. The molecule has 2 aromatic carbocycles. The van der Waals surface area contributed by atoms with Crippen LogP contribution in [0, 0.1) is 0 Å². The Kier molecular flexibility index (Phi) is 6.28. The number of methoxy groups -OCH3 is 2. The highest BCUT2D eigenvalue weighted by Crippen LogP contribution is 2.36. The van der Waals surface area contributed by atoms with E-state index in [-0.39, 0.29) is 32.6 Å². The van der Waals surface area contributed by atoms with Gasteiger partial charge in [-0.2, -0.15) is 18.3 Å². The fourth-order valence-corrected chi connectivity index (χ4v) is 3.82. The first-order valence-electron chi connectivity index (χ1n) is 9.56. The van der Waals surface area contributed by atoms with Gasteiger partial charge in [-0.3, -0.25) is 4.79 Å². The Morgan fingerprint density at radius 1 is 1.00 bits per heavy atom. The van der Waals surface area contributed by atoms with E-state index in [0.29, 0.717) is 21.6 Å². The third kappa shape index (κ3) is 4.59. The number of ether oxygens (including phenoxy) is 2. The van der Waals surface area contributed by atoms with E-state index in [1.165, 1.54) is 44.6 Å². The van der Waals surface area contributed by atoms with Crippen molar-refractivity contribution in [3.63, 3.8) is 0 Å². The van der Waals surface area contributed by atoms with Gasteiger partial charge in [-0.15, -0.1) is 0 Å². The Labute approximate surface area is 201 Å². The molecule has 0 aliphatic rings. The third-order valence-electron chi connectivity index (χ3n) is 4.81. The van der Waals surface area contributed by atoms with Crippen molar-refractivity contribution in [2.24, 2.45) is 0 Å². The van der Waals surface area contributed by atoms with Crippen LogP contribution in [0.3, 0.4) is 0 Å². The maximum atomic E-state index is 13.9. The van der Waals surface area contributed by atoms with Crippen molar-refractivity contribution in [3.8, 4) is 22.8 Å². The highest BCUT2D eigenvalue weighted by Gasteiger charge is 2.36. The van der Waals surface area contributed by atoms with Crippen LogP contribution in [0.15, 0.2) is 48.7 Å². The maximum Gasteiger partial charge on any atom is 0.433 e. The smallest absolute Gasteiger partial charge is 0.433 e. The number of benzene rings is 2. The van der Waals surface area contributed by atoms with Crippen LogP contribution < -0.4 is 14.8 Å². The van der Waals surface area contributed by atoms with E-state index in [0.717, 1.165) is 12.3 Å². The number of fused-ring (bicyclic) bond motifs is 1. The lowest BCUT2D eigenvalue weighted by Gasteiger charge is -2.13. The fraction of sp³-hybridized carbons (Fsp3) is 0.136. The molecule has 2 heterocycles. The van der Waals surface area contributed by atoms with Gasteiger partial charge in [-0.1, -0.05) is 23.2 Å². The molecule has 2 aromatic heterocycles. The van der Waals surface area contributed by atoms with Gasteiger partial charge in [-0.25, -0.2) is 9.50 Å². The number of nitrogens with one attached hydrogen (secondary N) is 1. The molecule has 7 nitrogen and oxygen atoms in total. The molecule has 0 fully saturated rings. The van der Waals surface area contributed by atoms with Crippen molar-refractivity contribution in [1.82, 2.24) is 14.6 Å². The van der Waals surface area contributed by atoms with E-state index in [4.69, 9.17) is 32.7 Å². The Morgan fingerprint density at radius 2 is 1.68 bits per heavy atom. The normalized spacial score (nSPS) is 11.5. The van der Waals surface area contributed by atoms with Crippen molar-refractivity contribution in [3.05, 3.63) is 70.0 Å². The van der Waals surface area contributed by atoms with E-state index in [2.05, 4.69) is 15.4 Å². The molecule has 0 atom stereocenters. The van der Waals surface area contributed by atoms with Gasteiger partial charge in [0.25, 0.3) is 5.91 Å². The molecule has 0 aliphatic heterocycles. The number of nitrogens with zero attached hydrogens (tertiary/aromatic N) is 3. The number of amides is 1. The van der Waals surface area contributed by atoms with Crippen LogP contribution in [0.4, 0.5) is 18.9 Å². The number of halogens is 5. The molecule has 4 rings (SSSR count). The highest BCUT2D eigenvalue weighted by atomic mass is 35.5. The average Bonchev–Trinajstić information content (AvgIpc) is 3.20. The van der Waals surface area contributed by atoms with Gasteiger partial charge in [0.05, 0.1) is 26.1 Å². The molecule has 0 saturated heterocycles. The molecule has 0 radical (unpaired) electrons. The number of hydrogen-bond acceptors (Lipinski definition) is 5. The number of alkyl halides is 3. The largest absolute Gasteiger partial charge is 0.493 e. The van der Waals surface area contributed by atoms with Crippen LogP contribution in [0.5, 0.6) is 11.5 Å². The van der Waals surface area contributed by atoms with Crippen molar-refractivity contribution >= 4 is 40.4 Å². The molecule has 1 N–H and O–H groups in total. The van der Waals surface area contributed by atoms with Gasteiger partial charge < -0.3 is 14.8 Å². The summed E-state index contributed by atoms with van der Waals surface area (Å²) >= 11 is 11.9. The zero-order chi connectivity index (χ0) is 24.6. The van der Waals surface area contributed by atoms with Crippen molar-refractivity contribution in [2.45, 2.75) is 6.18 Å². The maximum absolute atomic E-state index is 13.9. The van der Waals surface area contributed by atoms with Crippen LogP contribution in [-0.4, -0.2) is 34.7 Å². The SMILES string of the molecule is COc1ccc(-c2cc(C(F)(F)F)n3ncc(C(=O)Nc4cc(Cl)cc(Cl)c4)c3n2)cc1OC. The fourth-order valence-electron chi connectivity index (χ4n) is 3.29. The van der Waals surface area contributed by atoms with Crippen molar-refractivity contribution in [1.29, 1.82) is 0 Å². The van der Waals surface area contributed by atoms with Gasteiger partial charge in [0.1, 0.15) is 5.56 Å². The van der Waals surface area contributed by atoms with Gasteiger partial charge in [-0.05, 0) is 42.5 Å². The van der Waals surface area contributed by atoms with E-state index < -0.39 is 17.8 Å². The van der Waals surface area contributed by atoms with Crippen LogP contribution >= 0.6 is 23.2 Å².